The van der Waals surface area contributed by atoms with Crippen LogP contribution in [0.15, 0.2) is 53.7 Å². The second kappa shape index (κ2) is 8.29. The van der Waals surface area contributed by atoms with E-state index in [2.05, 4.69) is 20.8 Å². The van der Waals surface area contributed by atoms with Crippen LogP contribution in [0.5, 0.6) is 0 Å². The van der Waals surface area contributed by atoms with E-state index in [1.165, 1.54) is 28.6 Å². The second-order valence-corrected chi connectivity index (χ2v) is 6.86. The molecule has 3 aromatic rings. The minimum atomic E-state index is -0.308. The first kappa shape index (κ1) is 18.3. The molecule has 134 valence electrons. The normalized spacial score (nSPS) is 12.0. The molecule has 0 saturated carbocycles. The Morgan fingerprint density at radius 3 is 2.62 bits per heavy atom. The van der Waals surface area contributed by atoms with Gasteiger partial charge in [-0.05, 0) is 59.3 Å². The largest absolute Gasteiger partial charge is 0.349 e. The molecule has 1 heterocycles. The number of thioether (sulfide) groups is 1. The van der Waals surface area contributed by atoms with Crippen LogP contribution in [0.3, 0.4) is 0 Å². The molecule has 0 unspecified atom stereocenters. The van der Waals surface area contributed by atoms with Gasteiger partial charge in [-0.3, -0.25) is 4.79 Å². The number of tetrazole rings is 1. The number of hydrogen-bond acceptors (Lipinski definition) is 5. The van der Waals surface area contributed by atoms with E-state index in [1.807, 2.05) is 6.92 Å². The zero-order valence-corrected chi connectivity index (χ0v) is 15.3. The third kappa shape index (κ3) is 4.59. The van der Waals surface area contributed by atoms with Gasteiger partial charge in [-0.2, -0.15) is 4.68 Å². The summed E-state index contributed by atoms with van der Waals surface area (Å²) in [7, 11) is 0. The van der Waals surface area contributed by atoms with E-state index in [0.29, 0.717) is 10.2 Å². The van der Waals surface area contributed by atoms with Crippen molar-refractivity contribution < 1.29 is 9.18 Å². The smallest absolute Gasteiger partial charge is 0.230 e. The zero-order valence-electron chi connectivity index (χ0n) is 13.8. The van der Waals surface area contributed by atoms with Crippen LogP contribution in [-0.4, -0.2) is 31.9 Å². The van der Waals surface area contributed by atoms with Crippen molar-refractivity contribution in [2.75, 3.05) is 5.75 Å². The molecule has 0 saturated heterocycles. The molecule has 1 N–H and O–H groups in total. The summed E-state index contributed by atoms with van der Waals surface area (Å²) in [4.78, 5) is 12.2. The van der Waals surface area contributed by atoms with Gasteiger partial charge < -0.3 is 5.32 Å². The third-order valence-corrected chi connectivity index (χ3v) is 4.76. The Kier molecular flexibility index (Phi) is 5.85. The van der Waals surface area contributed by atoms with Crippen molar-refractivity contribution >= 4 is 29.3 Å². The van der Waals surface area contributed by atoms with Crippen molar-refractivity contribution in [3.63, 3.8) is 0 Å². The topological polar surface area (TPSA) is 72.7 Å². The highest BCUT2D eigenvalue weighted by atomic mass is 35.5. The van der Waals surface area contributed by atoms with Crippen LogP contribution in [-0.2, 0) is 4.79 Å². The lowest BCUT2D eigenvalue weighted by molar-refractivity contribution is -0.119. The lowest BCUT2D eigenvalue weighted by Gasteiger charge is -2.14. The molecule has 2 aromatic carbocycles. The first-order valence-electron chi connectivity index (χ1n) is 7.75. The van der Waals surface area contributed by atoms with Gasteiger partial charge in [0.05, 0.1) is 17.5 Å². The Bertz CT molecular complexity index is 885. The maximum absolute atomic E-state index is 13.0. The number of benzene rings is 2. The quantitative estimate of drug-likeness (QED) is 0.652. The van der Waals surface area contributed by atoms with Gasteiger partial charge in [0.1, 0.15) is 5.82 Å². The van der Waals surface area contributed by atoms with Gasteiger partial charge in [0, 0.05) is 5.02 Å². The molecule has 0 fully saturated rings. The Labute approximate surface area is 158 Å². The minimum absolute atomic E-state index is 0.152. The molecule has 9 heteroatoms. The van der Waals surface area contributed by atoms with Gasteiger partial charge in [0.25, 0.3) is 0 Å². The molecule has 0 bridgehead atoms. The number of carbonyl (C=O) groups is 1. The molecule has 26 heavy (non-hydrogen) atoms. The fourth-order valence-electron chi connectivity index (χ4n) is 2.26. The van der Waals surface area contributed by atoms with Gasteiger partial charge in [-0.1, -0.05) is 35.5 Å². The summed E-state index contributed by atoms with van der Waals surface area (Å²) in [5, 5.41) is 15.5. The molecule has 0 radical (unpaired) electrons. The molecule has 0 spiro atoms. The van der Waals surface area contributed by atoms with Crippen molar-refractivity contribution in [1.29, 1.82) is 0 Å². The summed E-state index contributed by atoms with van der Waals surface area (Å²) >= 11 is 7.11. The Morgan fingerprint density at radius 1 is 1.23 bits per heavy atom. The first-order chi connectivity index (χ1) is 12.5. The molecule has 3 rings (SSSR count). The second-order valence-electron chi connectivity index (χ2n) is 5.48. The van der Waals surface area contributed by atoms with E-state index in [-0.39, 0.29) is 23.5 Å². The Balaban J connectivity index is 1.59. The van der Waals surface area contributed by atoms with Gasteiger partial charge in [0.15, 0.2) is 0 Å². The highest BCUT2D eigenvalue weighted by Gasteiger charge is 2.14. The van der Waals surface area contributed by atoms with Gasteiger partial charge in [0.2, 0.25) is 11.1 Å². The standard InChI is InChI=1S/C17H15ClFN5OS/c1-11(12-2-6-14(19)7-3-12)20-16(25)10-26-17-21-22-23-24(17)15-8-4-13(18)5-9-15/h2-9,11H,10H2,1H3,(H,20,25)/t11-/m0/s1. The van der Waals surface area contributed by atoms with Gasteiger partial charge >= 0.3 is 0 Å². The molecule has 6 nitrogen and oxygen atoms in total. The van der Waals surface area contributed by atoms with E-state index in [1.54, 1.807) is 36.4 Å². The number of amides is 1. The predicted octanol–water partition coefficient (Wildman–Crippen LogP) is 3.42. The third-order valence-electron chi connectivity index (χ3n) is 3.59. The van der Waals surface area contributed by atoms with E-state index >= 15 is 0 Å². The summed E-state index contributed by atoms with van der Waals surface area (Å²) in [5.41, 5.74) is 1.58. The molecule has 1 atom stereocenters. The van der Waals surface area contributed by atoms with E-state index in [0.717, 1.165) is 11.3 Å². The fourth-order valence-corrected chi connectivity index (χ4v) is 3.09. The maximum Gasteiger partial charge on any atom is 0.230 e. The van der Waals surface area contributed by atoms with Crippen molar-refractivity contribution in [2.45, 2.75) is 18.1 Å². The van der Waals surface area contributed by atoms with E-state index in [9.17, 15) is 9.18 Å². The molecule has 1 aromatic heterocycles. The average Bonchev–Trinajstić information content (AvgIpc) is 3.09. The number of rotatable bonds is 6. The van der Waals surface area contributed by atoms with Crippen LogP contribution >= 0.6 is 23.4 Å². The SMILES string of the molecule is C[C@H](NC(=O)CSc1nnnn1-c1ccc(Cl)cc1)c1ccc(F)cc1. The molecule has 0 aliphatic heterocycles. The van der Waals surface area contributed by atoms with Gasteiger partial charge in [-0.15, -0.1) is 5.10 Å². The number of hydrogen-bond donors (Lipinski definition) is 1. The fraction of sp³-hybridized carbons (Fsp3) is 0.176. The molecule has 0 aliphatic rings. The Hall–Kier alpha value is -2.45. The average molecular weight is 392 g/mol. The minimum Gasteiger partial charge on any atom is -0.349 e. The van der Waals surface area contributed by atoms with E-state index < -0.39 is 0 Å². The summed E-state index contributed by atoms with van der Waals surface area (Å²) < 4.78 is 14.5. The van der Waals surface area contributed by atoms with Gasteiger partial charge in [-0.25, -0.2) is 4.39 Å². The van der Waals surface area contributed by atoms with Crippen LogP contribution < -0.4 is 5.32 Å². The predicted molar refractivity (Wildman–Crippen MR) is 97.8 cm³/mol. The maximum atomic E-state index is 13.0. The van der Waals surface area contributed by atoms with Crippen LogP contribution in [0.2, 0.25) is 5.02 Å². The van der Waals surface area contributed by atoms with Crippen LogP contribution in [0.25, 0.3) is 5.69 Å². The summed E-state index contributed by atoms with van der Waals surface area (Å²) in [6.07, 6.45) is 0. The monoisotopic (exact) mass is 391 g/mol. The molecule has 0 aliphatic carbocycles. The van der Waals surface area contributed by atoms with E-state index in [4.69, 9.17) is 11.6 Å². The molecular formula is C17H15ClFN5OS. The molecular weight excluding hydrogens is 377 g/mol. The van der Waals surface area contributed by atoms with Crippen molar-refractivity contribution in [3.05, 3.63) is 64.9 Å². The lowest BCUT2D eigenvalue weighted by Crippen LogP contribution is -2.28. The summed E-state index contributed by atoms with van der Waals surface area (Å²) in [6.45, 7) is 1.84. The van der Waals surface area contributed by atoms with Crippen LogP contribution in [0, 0.1) is 5.82 Å². The van der Waals surface area contributed by atoms with Crippen LogP contribution in [0.4, 0.5) is 4.39 Å². The molecule has 1 amide bonds. The van der Waals surface area contributed by atoms with Crippen molar-refractivity contribution in [3.8, 4) is 5.69 Å². The lowest BCUT2D eigenvalue weighted by atomic mass is 10.1. The zero-order chi connectivity index (χ0) is 18.5. The number of carbonyl (C=O) groups excluding carboxylic acids is 1. The van der Waals surface area contributed by atoms with Crippen molar-refractivity contribution in [2.24, 2.45) is 0 Å². The van der Waals surface area contributed by atoms with Crippen LogP contribution in [0.1, 0.15) is 18.5 Å². The highest BCUT2D eigenvalue weighted by Crippen LogP contribution is 2.20. The summed E-state index contributed by atoms with van der Waals surface area (Å²) in [6, 6.07) is 12.9. The highest BCUT2D eigenvalue weighted by molar-refractivity contribution is 7.99. The number of nitrogens with one attached hydrogen (secondary N) is 1. The number of nitrogens with zero attached hydrogens (tertiary/aromatic N) is 4. The Morgan fingerprint density at radius 2 is 1.92 bits per heavy atom. The first-order valence-corrected chi connectivity index (χ1v) is 9.11. The number of halogens is 2. The van der Waals surface area contributed by atoms with Crippen molar-refractivity contribution in [1.82, 2.24) is 25.5 Å². The summed E-state index contributed by atoms with van der Waals surface area (Å²) in [5.74, 6) is -0.325. The number of aromatic nitrogens is 4.